The summed E-state index contributed by atoms with van der Waals surface area (Å²) in [5.74, 6) is -0.205. The molecule has 0 amide bonds. The van der Waals surface area contributed by atoms with Crippen molar-refractivity contribution in [3.8, 4) is 11.3 Å². The first-order valence-electron chi connectivity index (χ1n) is 6.88. The van der Waals surface area contributed by atoms with Gasteiger partial charge in [-0.3, -0.25) is 0 Å². The molecule has 4 rings (SSSR count). The molecular formula is C18H14BrFN2. The summed E-state index contributed by atoms with van der Waals surface area (Å²) < 4.78 is 15.0. The summed E-state index contributed by atoms with van der Waals surface area (Å²) in [7, 11) is 0. The van der Waals surface area contributed by atoms with Crippen molar-refractivity contribution < 1.29 is 4.39 Å². The third kappa shape index (κ3) is 2.62. The summed E-state index contributed by atoms with van der Waals surface area (Å²) in [6.07, 6.45) is 4.08. The lowest BCUT2D eigenvalue weighted by molar-refractivity contribution is 0.626. The number of benzene rings is 2. The summed E-state index contributed by atoms with van der Waals surface area (Å²) in [5.41, 5.74) is 4.24. The summed E-state index contributed by atoms with van der Waals surface area (Å²) >= 11 is 0. The molecular weight excluding hydrogens is 343 g/mol. The largest absolute Gasteiger partial charge is 0.348 e. The van der Waals surface area contributed by atoms with Crippen LogP contribution in [0.15, 0.2) is 67.0 Å². The van der Waals surface area contributed by atoms with Crippen molar-refractivity contribution in [2.75, 3.05) is 0 Å². The molecule has 0 fully saturated rings. The second-order valence-electron chi connectivity index (χ2n) is 5.17. The lowest BCUT2D eigenvalue weighted by atomic mass is 10.1. The highest BCUT2D eigenvalue weighted by Crippen LogP contribution is 2.30. The van der Waals surface area contributed by atoms with Crippen LogP contribution in [0.3, 0.4) is 0 Å². The van der Waals surface area contributed by atoms with Crippen LogP contribution < -0.4 is 0 Å². The summed E-state index contributed by atoms with van der Waals surface area (Å²) in [5, 5.41) is 1.18. The molecule has 2 heterocycles. The molecule has 0 bridgehead atoms. The van der Waals surface area contributed by atoms with Gasteiger partial charge in [0.25, 0.3) is 0 Å². The Labute approximate surface area is 138 Å². The molecule has 2 aromatic rings. The molecule has 0 radical (unpaired) electrons. The fraction of sp³-hybridized carbons (Fsp3) is 0.0556. The maximum absolute atomic E-state index is 12.9. The number of aromatic nitrogens is 2. The fourth-order valence-electron chi connectivity index (χ4n) is 2.67. The smallest absolute Gasteiger partial charge is 0.123 e. The van der Waals surface area contributed by atoms with E-state index in [-0.39, 0.29) is 22.8 Å². The molecule has 22 heavy (non-hydrogen) atoms. The van der Waals surface area contributed by atoms with E-state index >= 15 is 0 Å². The molecule has 0 atom stereocenters. The monoisotopic (exact) mass is 356 g/mol. The Morgan fingerprint density at radius 3 is 2.55 bits per heavy atom. The molecule has 0 saturated heterocycles. The number of rotatable bonds is 2. The van der Waals surface area contributed by atoms with E-state index in [1.54, 1.807) is 12.1 Å². The van der Waals surface area contributed by atoms with E-state index in [2.05, 4.69) is 21.7 Å². The van der Waals surface area contributed by atoms with Gasteiger partial charge in [-0.25, -0.2) is 9.37 Å². The van der Waals surface area contributed by atoms with E-state index in [1.165, 1.54) is 23.1 Å². The predicted octanol–water partition coefficient (Wildman–Crippen LogP) is 4.91. The fourth-order valence-corrected chi connectivity index (χ4v) is 2.67. The van der Waals surface area contributed by atoms with Gasteiger partial charge in [0.05, 0.1) is 11.2 Å². The van der Waals surface area contributed by atoms with E-state index in [0.29, 0.717) is 6.54 Å². The molecule has 2 aliphatic rings. The topological polar surface area (TPSA) is 17.8 Å². The Morgan fingerprint density at radius 2 is 1.73 bits per heavy atom. The Bertz CT molecular complexity index is 883. The molecule has 0 N–H and O–H groups in total. The summed E-state index contributed by atoms with van der Waals surface area (Å²) in [6, 6.07) is 16.8. The van der Waals surface area contributed by atoms with Gasteiger partial charge in [0.15, 0.2) is 0 Å². The first-order chi connectivity index (χ1) is 10.3. The van der Waals surface area contributed by atoms with Crippen molar-refractivity contribution in [3.05, 3.63) is 78.4 Å². The third-order valence-corrected chi connectivity index (χ3v) is 3.71. The quantitative estimate of drug-likeness (QED) is 0.499. The lowest BCUT2D eigenvalue weighted by Crippen LogP contribution is -2.00. The number of fused-ring (bicyclic) bond motifs is 3. The van der Waals surface area contributed by atoms with E-state index < -0.39 is 0 Å². The van der Waals surface area contributed by atoms with Crippen LogP contribution in [0.5, 0.6) is 0 Å². The molecule has 4 heteroatoms. The van der Waals surface area contributed by atoms with Gasteiger partial charge in [0.1, 0.15) is 5.82 Å². The number of pyridine rings is 1. The normalized spacial score (nSPS) is 10.8. The van der Waals surface area contributed by atoms with Crippen molar-refractivity contribution in [2.45, 2.75) is 6.54 Å². The summed E-state index contributed by atoms with van der Waals surface area (Å²) in [4.78, 5) is 4.65. The minimum atomic E-state index is -0.205. The Hall–Kier alpha value is -2.20. The standard InChI is InChI=1S/C18H13FN2.BrH/c19-14-7-5-13(6-8-14)11-21-10-9-16-15-3-1-2-4-17(15)20-18(16)12-21;/h1-10,12H,11H2;1H. The first-order valence-corrected chi connectivity index (χ1v) is 6.88. The highest BCUT2D eigenvalue weighted by molar-refractivity contribution is 8.93. The van der Waals surface area contributed by atoms with Gasteiger partial charge in [-0.2, -0.15) is 0 Å². The zero-order valence-corrected chi connectivity index (χ0v) is 13.5. The zero-order valence-electron chi connectivity index (χ0n) is 11.7. The number of para-hydroxylation sites is 1. The highest BCUT2D eigenvalue weighted by Gasteiger charge is 2.11. The van der Waals surface area contributed by atoms with Crippen molar-refractivity contribution in [2.24, 2.45) is 0 Å². The molecule has 2 nitrogen and oxygen atoms in total. The number of halogens is 2. The SMILES string of the molecule is Br.Fc1ccc(Cn2ccc3c4ccccc4nc-3c2)cc1. The molecule has 0 aromatic heterocycles. The van der Waals surface area contributed by atoms with Gasteiger partial charge in [-0.15, -0.1) is 17.0 Å². The number of hydrogen-bond donors (Lipinski definition) is 0. The number of hydrogen-bond acceptors (Lipinski definition) is 1. The molecule has 2 aliphatic heterocycles. The highest BCUT2D eigenvalue weighted by atomic mass is 79.9. The van der Waals surface area contributed by atoms with E-state index in [4.69, 9.17) is 0 Å². The van der Waals surface area contributed by atoms with Crippen molar-refractivity contribution >= 4 is 27.9 Å². The Balaban J connectivity index is 0.00000144. The summed E-state index contributed by atoms with van der Waals surface area (Å²) in [6.45, 7) is 0.708. The molecule has 110 valence electrons. The third-order valence-electron chi connectivity index (χ3n) is 3.71. The van der Waals surface area contributed by atoms with Crippen LogP contribution >= 0.6 is 17.0 Å². The Kier molecular flexibility index (Phi) is 3.94. The average molecular weight is 357 g/mol. The predicted molar refractivity (Wildman–Crippen MR) is 92.2 cm³/mol. The van der Waals surface area contributed by atoms with Crippen LogP contribution in [-0.2, 0) is 6.54 Å². The van der Waals surface area contributed by atoms with Crippen molar-refractivity contribution in [3.63, 3.8) is 0 Å². The van der Waals surface area contributed by atoms with E-state index in [9.17, 15) is 4.39 Å². The van der Waals surface area contributed by atoms with Crippen LogP contribution in [0, 0.1) is 5.82 Å². The van der Waals surface area contributed by atoms with Crippen LogP contribution in [0.4, 0.5) is 4.39 Å². The number of nitrogens with zero attached hydrogens (tertiary/aromatic N) is 2. The van der Waals surface area contributed by atoms with Crippen LogP contribution in [-0.4, -0.2) is 9.55 Å². The van der Waals surface area contributed by atoms with Gasteiger partial charge in [0.2, 0.25) is 0 Å². The van der Waals surface area contributed by atoms with Crippen LogP contribution in [0.25, 0.3) is 22.2 Å². The molecule has 2 aromatic carbocycles. The van der Waals surface area contributed by atoms with Gasteiger partial charge < -0.3 is 4.57 Å². The first kappa shape index (κ1) is 14.7. The van der Waals surface area contributed by atoms with Gasteiger partial charge in [0, 0.05) is 29.9 Å². The molecule has 0 spiro atoms. The lowest BCUT2D eigenvalue weighted by Gasteiger charge is -2.09. The minimum absolute atomic E-state index is 0. The van der Waals surface area contributed by atoms with E-state index in [0.717, 1.165) is 16.8 Å². The molecule has 0 aliphatic carbocycles. The molecule has 0 unspecified atom stereocenters. The van der Waals surface area contributed by atoms with Crippen LogP contribution in [0.2, 0.25) is 0 Å². The van der Waals surface area contributed by atoms with Crippen LogP contribution in [0.1, 0.15) is 5.56 Å². The van der Waals surface area contributed by atoms with Crippen molar-refractivity contribution in [1.82, 2.24) is 9.55 Å². The Morgan fingerprint density at radius 1 is 0.955 bits per heavy atom. The molecule has 0 saturated carbocycles. The maximum atomic E-state index is 12.9. The second kappa shape index (κ2) is 5.89. The van der Waals surface area contributed by atoms with Gasteiger partial charge in [-0.05, 0) is 29.8 Å². The average Bonchev–Trinajstić information content (AvgIpc) is 2.87. The zero-order chi connectivity index (χ0) is 14.2. The second-order valence-corrected chi connectivity index (χ2v) is 5.17. The maximum Gasteiger partial charge on any atom is 0.123 e. The van der Waals surface area contributed by atoms with Crippen molar-refractivity contribution in [1.29, 1.82) is 0 Å². The minimum Gasteiger partial charge on any atom is -0.348 e. The van der Waals surface area contributed by atoms with E-state index in [1.807, 2.05) is 30.6 Å². The van der Waals surface area contributed by atoms with Gasteiger partial charge in [-0.1, -0.05) is 30.3 Å². The van der Waals surface area contributed by atoms with Gasteiger partial charge >= 0.3 is 0 Å².